The van der Waals surface area contributed by atoms with Gasteiger partial charge in [0.15, 0.2) is 0 Å². The lowest BCUT2D eigenvalue weighted by Gasteiger charge is -2.07. The molecule has 0 unspecified atom stereocenters. The number of carboxylic acid groups (broad SMARTS) is 1. The molecule has 0 bridgehead atoms. The summed E-state index contributed by atoms with van der Waals surface area (Å²) in [5, 5.41) is 10.6. The van der Waals surface area contributed by atoms with Crippen LogP contribution in [0.4, 0.5) is 0 Å². The fraction of sp³-hybridized carbons (Fsp3) is 0.214. The van der Waals surface area contributed by atoms with Crippen LogP contribution in [0.1, 0.15) is 26.4 Å². The topological polar surface area (TPSA) is 46.5 Å². The molecule has 3 nitrogen and oxygen atoms in total. The van der Waals surface area contributed by atoms with E-state index in [9.17, 15) is 4.79 Å². The maximum Gasteiger partial charge on any atom is 0.345 e. The van der Waals surface area contributed by atoms with Crippen molar-refractivity contribution in [1.82, 2.24) is 0 Å². The minimum atomic E-state index is -0.891. The molecule has 0 aliphatic rings. The first-order valence-electron chi connectivity index (χ1n) is 5.57. The lowest BCUT2D eigenvalue weighted by atomic mass is 10.1. The van der Waals surface area contributed by atoms with Crippen molar-refractivity contribution in [3.63, 3.8) is 0 Å². The molecular weight excluding hydrogens is 248 g/mol. The summed E-state index contributed by atoms with van der Waals surface area (Å²) >= 11 is 1.22. The van der Waals surface area contributed by atoms with Crippen LogP contribution in [-0.2, 0) is 6.61 Å². The molecule has 1 heterocycles. The van der Waals surface area contributed by atoms with Gasteiger partial charge in [-0.25, -0.2) is 4.79 Å². The van der Waals surface area contributed by atoms with Crippen LogP contribution in [0.2, 0.25) is 0 Å². The second-order valence-corrected chi connectivity index (χ2v) is 5.07. The van der Waals surface area contributed by atoms with Crippen LogP contribution in [0.15, 0.2) is 29.6 Å². The number of aryl methyl sites for hydroxylation is 2. The zero-order chi connectivity index (χ0) is 13.1. The average Bonchev–Trinajstić information content (AvgIpc) is 2.79. The fourth-order valence-electron chi connectivity index (χ4n) is 1.53. The van der Waals surface area contributed by atoms with Crippen molar-refractivity contribution in [2.24, 2.45) is 0 Å². The lowest BCUT2D eigenvalue weighted by Crippen LogP contribution is -1.95. The van der Waals surface area contributed by atoms with E-state index in [2.05, 4.69) is 6.92 Å². The van der Waals surface area contributed by atoms with E-state index in [1.807, 2.05) is 30.5 Å². The van der Waals surface area contributed by atoms with Gasteiger partial charge >= 0.3 is 5.97 Å². The second-order valence-electron chi connectivity index (χ2n) is 4.16. The monoisotopic (exact) mass is 262 g/mol. The smallest absolute Gasteiger partial charge is 0.345 e. The molecular formula is C14H14O3S. The van der Waals surface area contributed by atoms with E-state index in [0.29, 0.717) is 11.5 Å². The molecule has 0 spiro atoms. The highest BCUT2D eigenvalue weighted by molar-refractivity contribution is 7.12. The number of thiophene rings is 1. The quantitative estimate of drug-likeness (QED) is 0.915. The molecule has 0 aliphatic carbocycles. The lowest BCUT2D eigenvalue weighted by molar-refractivity contribution is 0.0702. The number of ether oxygens (including phenoxy) is 1. The van der Waals surface area contributed by atoms with Gasteiger partial charge < -0.3 is 9.84 Å². The summed E-state index contributed by atoms with van der Waals surface area (Å²) in [5.41, 5.74) is 3.30. The van der Waals surface area contributed by atoms with E-state index in [4.69, 9.17) is 9.84 Å². The molecule has 1 N–H and O–H groups in total. The number of hydrogen-bond donors (Lipinski definition) is 1. The molecule has 0 aliphatic heterocycles. The molecule has 0 atom stereocenters. The Bertz CT molecular complexity index is 572. The maximum atomic E-state index is 10.7. The Morgan fingerprint density at radius 1 is 1.28 bits per heavy atom. The molecule has 1 aromatic heterocycles. The van der Waals surface area contributed by atoms with Crippen LogP contribution < -0.4 is 4.74 Å². The molecule has 2 aromatic rings. The van der Waals surface area contributed by atoms with E-state index in [1.54, 1.807) is 6.07 Å². The number of aromatic carboxylic acids is 1. The van der Waals surface area contributed by atoms with Crippen LogP contribution in [0.5, 0.6) is 5.75 Å². The molecule has 1 aromatic carbocycles. The van der Waals surface area contributed by atoms with Crippen LogP contribution in [0.25, 0.3) is 0 Å². The maximum absolute atomic E-state index is 10.7. The minimum Gasteiger partial charge on any atom is -0.489 e. The van der Waals surface area contributed by atoms with Gasteiger partial charge in [-0.05, 0) is 48.6 Å². The Kier molecular flexibility index (Phi) is 3.67. The molecule has 0 saturated carbocycles. The number of rotatable bonds is 4. The standard InChI is InChI=1S/C14H14O3S/c1-9-3-4-12(5-10(9)2)17-7-11-6-13(14(15)16)18-8-11/h3-6,8H,7H2,1-2H3,(H,15,16). The van der Waals surface area contributed by atoms with Crippen LogP contribution >= 0.6 is 11.3 Å². The first kappa shape index (κ1) is 12.6. The highest BCUT2D eigenvalue weighted by Gasteiger charge is 2.07. The van der Waals surface area contributed by atoms with E-state index in [-0.39, 0.29) is 0 Å². The van der Waals surface area contributed by atoms with Gasteiger partial charge in [-0.2, -0.15) is 0 Å². The fourth-order valence-corrected chi connectivity index (χ4v) is 2.27. The summed E-state index contributed by atoms with van der Waals surface area (Å²) in [6.45, 7) is 4.48. The van der Waals surface area contributed by atoms with Gasteiger partial charge in [0.05, 0.1) is 0 Å². The minimum absolute atomic E-state index is 0.341. The van der Waals surface area contributed by atoms with Crippen LogP contribution in [0, 0.1) is 13.8 Å². The SMILES string of the molecule is Cc1ccc(OCc2csc(C(=O)O)c2)cc1C. The Morgan fingerprint density at radius 2 is 2.06 bits per heavy atom. The highest BCUT2D eigenvalue weighted by Crippen LogP contribution is 2.20. The van der Waals surface area contributed by atoms with Gasteiger partial charge in [0.1, 0.15) is 17.2 Å². The van der Waals surface area contributed by atoms with Gasteiger partial charge in [0.25, 0.3) is 0 Å². The number of hydrogen-bond acceptors (Lipinski definition) is 3. The molecule has 0 amide bonds. The Hall–Kier alpha value is -1.81. The first-order valence-corrected chi connectivity index (χ1v) is 6.45. The third-order valence-corrected chi connectivity index (χ3v) is 3.72. The zero-order valence-corrected chi connectivity index (χ0v) is 11.1. The molecule has 2 rings (SSSR count). The largest absolute Gasteiger partial charge is 0.489 e. The van der Waals surface area contributed by atoms with Crippen LogP contribution in [0.3, 0.4) is 0 Å². The predicted molar refractivity (Wildman–Crippen MR) is 71.5 cm³/mol. The van der Waals surface area contributed by atoms with E-state index in [0.717, 1.165) is 11.3 Å². The molecule has 4 heteroatoms. The molecule has 0 radical (unpaired) electrons. The summed E-state index contributed by atoms with van der Waals surface area (Å²) in [5.74, 6) is -0.0846. The van der Waals surface area contributed by atoms with Gasteiger partial charge in [-0.1, -0.05) is 6.07 Å². The van der Waals surface area contributed by atoms with E-state index in [1.165, 1.54) is 22.5 Å². The van der Waals surface area contributed by atoms with Gasteiger partial charge in [0, 0.05) is 5.56 Å². The van der Waals surface area contributed by atoms with Gasteiger partial charge in [-0.3, -0.25) is 0 Å². The Balaban J connectivity index is 2.02. The number of benzene rings is 1. The average molecular weight is 262 g/mol. The van der Waals surface area contributed by atoms with Crippen molar-refractivity contribution in [3.05, 3.63) is 51.2 Å². The van der Waals surface area contributed by atoms with Crippen molar-refractivity contribution >= 4 is 17.3 Å². The third-order valence-electron chi connectivity index (χ3n) is 2.75. The van der Waals surface area contributed by atoms with Crippen molar-refractivity contribution in [2.45, 2.75) is 20.5 Å². The summed E-state index contributed by atoms with van der Waals surface area (Å²) < 4.78 is 5.63. The summed E-state index contributed by atoms with van der Waals surface area (Å²) in [7, 11) is 0. The number of carbonyl (C=O) groups is 1. The highest BCUT2D eigenvalue weighted by atomic mass is 32.1. The first-order chi connectivity index (χ1) is 8.56. The van der Waals surface area contributed by atoms with Crippen molar-refractivity contribution in [2.75, 3.05) is 0 Å². The third kappa shape index (κ3) is 2.90. The molecule has 94 valence electrons. The summed E-state index contributed by atoms with van der Waals surface area (Å²) in [4.78, 5) is 11.1. The van der Waals surface area contributed by atoms with E-state index < -0.39 is 5.97 Å². The second kappa shape index (κ2) is 5.23. The van der Waals surface area contributed by atoms with Crippen molar-refractivity contribution in [3.8, 4) is 5.75 Å². The zero-order valence-electron chi connectivity index (χ0n) is 10.3. The molecule has 0 fully saturated rings. The van der Waals surface area contributed by atoms with Crippen molar-refractivity contribution < 1.29 is 14.6 Å². The van der Waals surface area contributed by atoms with Crippen LogP contribution in [-0.4, -0.2) is 11.1 Å². The summed E-state index contributed by atoms with van der Waals surface area (Å²) in [6.07, 6.45) is 0. The Labute approximate surface area is 110 Å². The number of carboxylic acids is 1. The van der Waals surface area contributed by atoms with Gasteiger partial charge in [0.2, 0.25) is 0 Å². The Morgan fingerprint density at radius 3 is 2.67 bits per heavy atom. The normalized spacial score (nSPS) is 10.3. The van der Waals surface area contributed by atoms with Gasteiger partial charge in [-0.15, -0.1) is 11.3 Å². The molecule has 0 saturated heterocycles. The molecule has 18 heavy (non-hydrogen) atoms. The van der Waals surface area contributed by atoms with E-state index >= 15 is 0 Å². The predicted octanol–water partition coefficient (Wildman–Crippen LogP) is 3.64. The summed E-state index contributed by atoms with van der Waals surface area (Å²) in [6, 6.07) is 7.57. The van der Waals surface area contributed by atoms with Crippen molar-refractivity contribution in [1.29, 1.82) is 0 Å².